The van der Waals surface area contributed by atoms with Gasteiger partial charge in [-0.05, 0) is 29.5 Å². The number of amides is 1. The summed E-state index contributed by atoms with van der Waals surface area (Å²) in [5.41, 5.74) is 7.19. The number of carbonyl (C=O) groups is 1. The monoisotopic (exact) mass is 288 g/mol. The number of likely N-dealkylation sites (tertiary alicyclic amines) is 1. The van der Waals surface area contributed by atoms with Crippen LogP contribution in [0.4, 0.5) is 0 Å². The Hall–Kier alpha value is -2.04. The van der Waals surface area contributed by atoms with Crippen LogP contribution < -0.4 is 11.1 Å². The van der Waals surface area contributed by atoms with Gasteiger partial charge in [0.1, 0.15) is 0 Å². The third-order valence-corrected chi connectivity index (χ3v) is 3.85. The Labute approximate surface area is 126 Å². The predicted molar refractivity (Wildman–Crippen MR) is 85.1 cm³/mol. The van der Waals surface area contributed by atoms with Gasteiger partial charge in [0.25, 0.3) is 0 Å². The van der Waals surface area contributed by atoms with Crippen LogP contribution in [0.25, 0.3) is 0 Å². The van der Waals surface area contributed by atoms with Crippen LogP contribution in [0.5, 0.6) is 0 Å². The van der Waals surface area contributed by atoms with Crippen LogP contribution in [0.3, 0.4) is 0 Å². The Morgan fingerprint density at radius 1 is 1.48 bits per heavy atom. The van der Waals surface area contributed by atoms with Crippen LogP contribution in [0.15, 0.2) is 29.3 Å². The molecule has 114 valence electrons. The Morgan fingerprint density at radius 3 is 2.81 bits per heavy atom. The highest BCUT2D eigenvalue weighted by molar-refractivity contribution is 5.92. The molecule has 1 heterocycles. The van der Waals surface area contributed by atoms with E-state index in [0.717, 1.165) is 24.6 Å². The molecule has 0 aliphatic carbocycles. The van der Waals surface area contributed by atoms with Gasteiger partial charge in [-0.1, -0.05) is 26.0 Å². The largest absolute Gasteiger partial charge is 0.366 e. The topological polar surface area (TPSA) is 70.7 Å². The minimum absolute atomic E-state index is 0.337. The molecule has 5 nitrogen and oxygen atoms in total. The summed E-state index contributed by atoms with van der Waals surface area (Å²) in [6.07, 6.45) is 1.17. The number of guanidine groups is 1. The van der Waals surface area contributed by atoms with Crippen molar-refractivity contribution in [2.24, 2.45) is 16.1 Å². The molecule has 5 heteroatoms. The zero-order chi connectivity index (χ0) is 15.5. The summed E-state index contributed by atoms with van der Waals surface area (Å²) in [7, 11) is 1.80. The van der Waals surface area contributed by atoms with Crippen molar-refractivity contribution in [2.45, 2.75) is 26.8 Å². The van der Waals surface area contributed by atoms with Crippen LogP contribution in [-0.4, -0.2) is 36.9 Å². The minimum atomic E-state index is -0.400. The van der Waals surface area contributed by atoms with Gasteiger partial charge in [0.05, 0.1) is 0 Å². The van der Waals surface area contributed by atoms with Crippen LogP contribution in [0.1, 0.15) is 36.2 Å². The van der Waals surface area contributed by atoms with E-state index in [9.17, 15) is 4.79 Å². The lowest BCUT2D eigenvalue weighted by Crippen LogP contribution is -2.40. The van der Waals surface area contributed by atoms with Gasteiger partial charge in [-0.2, -0.15) is 0 Å². The van der Waals surface area contributed by atoms with Crippen molar-refractivity contribution in [1.82, 2.24) is 10.2 Å². The molecule has 1 aromatic carbocycles. The molecular formula is C16H24N4O. The summed E-state index contributed by atoms with van der Waals surface area (Å²) in [6, 6.07) is 7.36. The number of carbonyl (C=O) groups excluding carboxylic acids is 1. The maximum Gasteiger partial charge on any atom is 0.248 e. The number of hydrogen-bond acceptors (Lipinski definition) is 2. The third-order valence-electron chi connectivity index (χ3n) is 3.85. The number of benzene rings is 1. The maximum absolute atomic E-state index is 11.2. The predicted octanol–water partition coefficient (Wildman–Crippen LogP) is 1.59. The highest BCUT2D eigenvalue weighted by Gasteiger charge is 2.30. The fourth-order valence-electron chi connectivity index (χ4n) is 2.64. The van der Waals surface area contributed by atoms with Gasteiger partial charge in [0.2, 0.25) is 5.91 Å². The summed E-state index contributed by atoms with van der Waals surface area (Å²) >= 11 is 0. The highest BCUT2D eigenvalue weighted by Crippen LogP contribution is 2.28. The van der Waals surface area contributed by atoms with Gasteiger partial charge in [0.15, 0.2) is 5.96 Å². The average molecular weight is 288 g/mol. The SMILES string of the molecule is CN=C(NCc1cccc(C(N)=O)c1)N1CCC(C)(C)C1. The summed E-state index contributed by atoms with van der Waals surface area (Å²) in [6.45, 7) is 7.21. The summed E-state index contributed by atoms with van der Waals surface area (Å²) in [5.74, 6) is 0.507. The quantitative estimate of drug-likeness (QED) is 0.655. The molecule has 1 aliphatic rings. The summed E-state index contributed by atoms with van der Waals surface area (Å²) < 4.78 is 0. The van der Waals surface area contributed by atoms with Crippen molar-refractivity contribution in [2.75, 3.05) is 20.1 Å². The number of nitrogens with two attached hydrogens (primary N) is 1. The summed E-state index contributed by atoms with van der Waals surface area (Å²) in [5, 5.41) is 3.36. The lowest BCUT2D eigenvalue weighted by Gasteiger charge is -2.23. The van der Waals surface area contributed by atoms with E-state index >= 15 is 0 Å². The van der Waals surface area contributed by atoms with E-state index < -0.39 is 5.91 Å². The van der Waals surface area contributed by atoms with Crippen molar-refractivity contribution >= 4 is 11.9 Å². The van der Waals surface area contributed by atoms with E-state index in [4.69, 9.17) is 5.73 Å². The number of nitrogens with zero attached hydrogens (tertiary/aromatic N) is 2. The van der Waals surface area contributed by atoms with E-state index in [1.54, 1.807) is 13.1 Å². The first-order chi connectivity index (χ1) is 9.91. The standard InChI is InChI=1S/C16H24N4O/c1-16(2)7-8-20(11-16)15(18-3)19-10-12-5-4-6-13(9-12)14(17)21/h4-6,9H,7-8,10-11H2,1-3H3,(H2,17,21)(H,18,19). The zero-order valence-corrected chi connectivity index (χ0v) is 13.0. The Morgan fingerprint density at radius 2 is 2.24 bits per heavy atom. The van der Waals surface area contributed by atoms with Gasteiger partial charge in [-0.3, -0.25) is 9.79 Å². The van der Waals surface area contributed by atoms with Crippen molar-refractivity contribution in [3.8, 4) is 0 Å². The Bertz CT molecular complexity index is 551. The second kappa shape index (κ2) is 6.16. The molecule has 1 saturated heterocycles. The molecule has 1 fully saturated rings. The van der Waals surface area contributed by atoms with Crippen molar-refractivity contribution in [3.63, 3.8) is 0 Å². The zero-order valence-electron chi connectivity index (χ0n) is 13.0. The molecule has 0 atom stereocenters. The molecule has 0 unspecified atom stereocenters. The normalized spacial score (nSPS) is 17.9. The first-order valence-electron chi connectivity index (χ1n) is 7.26. The van der Waals surface area contributed by atoms with Crippen LogP contribution in [-0.2, 0) is 6.54 Å². The lowest BCUT2D eigenvalue weighted by molar-refractivity contribution is 0.1000. The smallest absolute Gasteiger partial charge is 0.248 e. The molecule has 2 rings (SSSR count). The fourth-order valence-corrected chi connectivity index (χ4v) is 2.64. The molecular weight excluding hydrogens is 264 g/mol. The van der Waals surface area contributed by atoms with Crippen LogP contribution >= 0.6 is 0 Å². The molecule has 0 radical (unpaired) electrons. The van der Waals surface area contributed by atoms with Gasteiger partial charge >= 0.3 is 0 Å². The van der Waals surface area contributed by atoms with E-state index in [2.05, 4.69) is 29.1 Å². The number of hydrogen-bond donors (Lipinski definition) is 2. The molecule has 0 spiro atoms. The second-order valence-electron chi connectivity index (χ2n) is 6.30. The molecule has 1 aromatic rings. The van der Waals surface area contributed by atoms with Crippen molar-refractivity contribution in [1.29, 1.82) is 0 Å². The fraction of sp³-hybridized carbons (Fsp3) is 0.500. The van der Waals surface area contributed by atoms with Crippen molar-refractivity contribution in [3.05, 3.63) is 35.4 Å². The maximum atomic E-state index is 11.2. The van der Waals surface area contributed by atoms with E-state index in [1.807, 2.05) is 18.2 Å². The molecule has 21 heavy (non-hydrogen) atoms. The molecule has 0 aromatic heterocycles. The first-order valence-corrected chi connectivity index (χ1v) is 7.26. The molecule has 0 saturated carbocycles. The Balaban J connectivity index is 1.98. The first kappa shape index (κ1) is 15.4. The number of primary amides is 1. The van der Waals surface area contributed by atoms with Gasteiger partial charge < -0.3 is 16.0 Å². The van der Waals surface area contributed by atoms with Gasteiger partial charge in [-0.25, -0.2) is 0 Å². The van der Waals surface area contributed by atoms with E-state index in [1.165, 1.54) is 6.42 Å². The average Bonchev–Trinajstić information content (AvgIpc) is 2.80. The minimum Gasteiger partial charge on any atom is -0.366 e. The Kier molecular flexibility index (Phi) is 4.50. The summed E-state index contributed by atoms with van der Waals surface area (Å²) in [4.78, 5) is 17.8. The highest BCUT2D eigenvalue weighted by atomic mass is 16.1. The lowest BCUT2D eigenvalue weighted by atomic mass is 9.93. The number of aliphatic imine (C=N–C) groups is 1. The molecule has 0 bridgehead atoms. The number of nitrogens with one attached hydrogen (secondary N) is 1. The third kappa shape index (κ3) is 3.97. The number of rotatable bonds is 3. The molecule has 3 N–H and O–H groups in total. The molecule has 1 aliphatic heterocycles. The van der Waals surface area contributed by atoms with Gasteiger partial charge in [-0.15, -0.1) is 0 Å². The van der Waals surface area contributed by atoms with E-state index in [-0.39, 0.29) is 0 Å². The van der Waals surface area contributed by atoms with Gasteiger partial charge in [0, 0.05) is 32.2 Å². The van der Waals surface area contributed by atoms with Crippen LogP contribution in [0, 0.1) is 5.41 Å². The van der Waals surface area contributed by atoms with Crippen molar-refractivity contribution < 1.29 is 4.79 Å². The molecule has 1 amide bonds. The second-order valence-corrected chi connectivity index (χ2v) is 6.30. The van der Waals surface area contributed by atoms with E-state index in [0.29, 0.717) is 17.5 Å². The van der Waals surface area contributed by atoms with Crippen LogP contribution in [0.2, 0.25) is 0 Å².